The molecule has 0 saturated carbocycles. The summed E-state index contributed by atoms with van der Waals surface area (Å²) in [4.78, 5) is 4.81. The summed E-state index contributed by atoms with van der Waals surface area (Å²) in [7, 11) is 0. The molecule has 0 fully saturated rings. The minimum absolute atomic E-state index is 1.08. The van der Waals surface area contributed by atoms with E-state index < -0.39 is 0 Å². The molecule has 0 saturated heterocycles. The summed E-state index contributed by atoms with van der Waals surface area (Å²) < 4.78 is 4.78. The number of hydrogen-bond acceptors (Lipinski definition) is 2. The Morgan fingerprint density at radius 3 is 1.12 bits per heavy atom. The topological polar surface area (TPSA) is 16.3 Å². The lowest BCUT2D eigenvalue weighted by Crippen LogP contribution is -2.10. The van der Waals surface area contributed by atoms with E-state index in [0.717, 1.165) is 67.8 Å². The molecule has 4 heteroatoms. The number of anilines is 6. The van der Waals surface area contributed by atoms with E-state index in [9.17, 15) is 0 Å². The van der Waals surface area contributed by atoms with E-state index in [1.165, 1.54) is 76.3 Å². The fourth-order valence-corrected chi connectivity index (χ4v) is 12.2. The Bertz CT molecular complexity index is 4850. The highest BCUT2D eigenvalue weighted by atomic mass is 15.1. The number of aromatic nitrogens is 2. The number of nitrogens with zero attached hydrogens (tertiary/aromatic N) is 4. The van der Waals surface area contributed by atoms with E-state index in [1.807, 2.05) is 0 Å². The van der Waals surface area contributed by atoms with Crippen LogP contribution < -0.4 is 9.80 Å². The van der Waals surface area contributed by atoms with Crippen molar-refractivity contribution in [2.45, 2.75) is 13.8 Å². The molecule has 378 valence electrons. The van der Waals surface area contributed by atoms with Gasteiger partial charge < -0.3 is 18.9 Å². The third-order valence-electron chi connectivity index (χ3n) is 16.2. The predicted octanol–water partition coefficient (Wildman–Crippen LogP) is 21.1. The highest BCUT2D eigenvalue weighted by Gasteiger charge is 2.21. The molecule has 0 aliphatic rings. The predicted molar refractivity (Wildman–Crippen MR) is 340 cm³/mol. The summed E-state index contributed by atoms with van der Waals surface area (Å²) >= 11 is 0. The molecular formula is C76H54N4. The molecule has 0 amide bonds. The minimum atomic E-state index is 1.08. The van der Waals surface area contributed by atoms with Crippen molar-refractivity contribution in [3.05, 3.63) is 302 Å². The second-order valence-electron chi connectivity index (χ2n) is 21.2. The maximum absolute atomic E-state index is 2.41. The quantitative estimate of drug-likeness (QED) is 0.136. The van der Waals surface area contributed by atoms with Gasteiger partial charge >= 0.3 is 0 Å². The SMILES string of the molecule is Cc1ccc(-n2c3ccccc3c3cc(N(c4ccc(-c5cccc(-c6cccc(N(c7ccc8ccccc8c7)c7ccc8c(c7)c7ccccc7n8-c7ccc(C)cc7)c6)c5)cc4)c4ccc5ccccc5c4)ccc32)cc1. The zero-order valence-corrected chi connectivity index (χ0v) is 44.5. The molecule has 0 spiro atoms. The first-order valence-electron chi connectivity index (χ1n) is 27.6. The molecule has 0 radical (unpaired) electrons. The Morgan fingerprint density at radius 1 is 0.225 bits per heavy atom. The van der Waals surface area contributed by atoms with Crippen molar-refractivity contribution in [1.29, 1.82) is 0 Å². The molecule has 2 heterocycles. The fraction of sp³-hybridized carbons (Fsp3) is 0.0263. The van der Waals surface area contributed by atoms with E-state index in [1.54, 1.807) is 0 Å². The van der Waals surface area contributed by atoms with Crippen LogP contribution in [0.15, 0.2) is 291 Å². The van der Waals surface area contributed by atoms with Crippen LogP contribution in [-0.2, 0) is 0 Å². The Balaban J connectivity index is 0.807. The molecule has 15 aromatic rings. The summed E-state index contributed by atoms with van der Waals surface area (Å²) in [5, 5.41) is 9.71. The summed E-state index contributed by atoms with van der Waals surface area (Å²) in [5.41, 5.74) is 20.7. The second-order valence-corrected chi connectivity index (χ2v) is 21.2. The van der Waals surface area contributed by atoms with Gasteiger partial charge in [-0.25, -0.2) is 0 Å². The lowest BCUT2D eigenvalue weighted by Gasteiger charge is -2.27. The lowest BCUT2D eigenvalue weighted by molar-refractivity contribution is 1.17. The molecule has 4 nitrogen and oxygen atoms in total. The molecule has 0 aliphatic carbocycles. The molecule has 0 unspecified atom stereocenters. The first kappa shape index (κ1) is 46.8. The Hall–Kier alpha value is -10.4. The maximum Gasteiger partial charge on any atom is 0.0542 e. The van der Waals surface area contributed by atoms with Crippen LogP contribution in [0, 0.1) is 13.8 Å². The number of hydrogen-bond donors (Lipinski definition) is 0. The molecule has 2 aromatic heterocycles. The first-order valence-corrected chi connectivity index (χ1v) is 27.6. The zero-order chi connectivity index (χ0) is 53.3. The van der Waals surface area contributed by atoms with Crippen LogP contribution in [0.4, 0.5) is 34.1 Å². The number of fused-ring (bicyclic) bond motifs is 8. The minimum Gasteiger partial charge on any atom is -0.310 e. The van der Waals surface area contributed by atoms with Crippen molar-refractivity contribution >= 4 is 99.3 Å². The lowest BCUT2D eigenvalue weighted by atomic mass is 9.98. The average Bonchev–Trinajstić information content (AvgIpc) is 4.11. The van der Waals surface area contributed by atoms with Gasteiger partial charge in [0.05, 0.1) is 22.1 Å². The van der Waals surface area contributed by atoms with Crippen LogP contribution in [0.1, 0.15) is 11.1 Å². The highest BCUT2D eigenvalue weighted by molar-refractivity contribution is 6.12. The smallest absolute Gasteiger partial charge is 0.0542 e. The molecule has 80 heavy (non-hydrogen) atoms. The van der Waals surface area contributed by atoms with E-state index >= 15 is 0 Å². The van der Waals surface area contributed by atoms with Gasteiger partial charge in [-0.2, -0.15) is 0 Å². The van der Waals surface area contributed by atoms with Crippen LogP contribution in [0.5, 0.6) is 0 Å². The third-order valence-corrected chi connectivity index (χ3v) is 16.2. The van der Waals surface area contributed by atoms with Gasteiger partial charge in [-0.15, -0.1) is 0 Å². The van der Waals surface area contributed by atoms with Crippen molar-refractivity contribution in [2.75, 3.05) is 9.80 Å². The Kier molecular flexibility index (Phi) is 11.3. The van der Waals surface area contributed by atoms with Gasteiger partial charge in [-0.1, -0.05) is 175 Å². The van der Waals surface area contributed by atoms with E-state index in [4.69, 9.17) is 0 Å². The van der Waals surface area contributed by atoms with Crippen LogP contribution in [-0.4, -0.2) is 9.13 Å². The summed E-state index contributed by atoms with van der Waals surface area (Å²) in [6.45, 7) is 4.29. The van der Waals surface area contributed by atoms with Crippen molar-refractivity contribution in [3.8, 4) is 33.6 Å². The molecule has 0 N–H and O–H groups in total. The van der Waals surface area contributed by atoms with Crippen molar-refractivity contribution in [1.82, 2.24) is 9.13 Å². The number of para-hydroxylation sites is 2. The van der Waals surface area contributed by atoms with Gasteiger partial charge in [0.2, 0.25) is 0 Å². The molecule has 15 rings (SSSR count). The van der Waals surface area contributed by atoms with E-state index in [-0.39, 0.29) is 0 Å². The monoisotopic (exact) mass is 1020 g/mol. The molecule has 0 atom stereocenters. The average molecular weight is 1020 g/mol. The molecule has 0 bridgehead atoms. The van der Waals surface area contributed by atoms with Gasteiger partial charge in [-0.05, 0) is 185 Å². The fourth-order valence-electron chi connectivity index (χ4n) is 12.2. The van der Waals surface area contributed by atoms with Gasteiger partial charge in [0.15, 0.2) is 0 Å². The Morgan fingerprint density at radius 2 is 0.600 bits per heavy atom. The zero-order valence-electron chi connectivity index (χ0n) is 44.5. The molecule has 13 aromatic carbocycles. The molecular weight excluding hydrogens is 969 g/mol. The number of benzene rings is 13. The van der Waals surface area contributed by atoms with E-state index in [0.29, 0.717) is 0 Å². The van der Waals surface area contributed by atoms with Gasteiger partial charge in [0, 0.05) is 67.0 Å². The number of rotatable bonds is 10. The first-order chi connectivity index (χ1) is 39.5. The molecule has 0 aliphatic heterocycles. The van der Waals surface area contributed by atoms with Gasteiger partial charge in [-0.3, -0.25) is 0 Å². The van der Waals surface area contributed by atoms with Gasteiger partial charge in [0.1, 0.15) is 0 Å². The largest absolute Gasteiger partial charge is 0.310 e. The Labute approximate surface area is 465 Å². The van der Waals surface area contributed by atoms with Crippen molar-refractivity contribution in [3.63, 3.8) is 0 Å². The van der Waals surface area contributed by atoms with Crippen LogP contribution >= 0.6 is 0 Å². The normalized spacial score (nSPS) is 11.6. The standard InChI is InChI=1S/C76H54N4/c1-51-25-33-62(34-26-51)79-73-23-9-7-21-69(73)71-49-67(41-43-75(71)79)77(65-39-31-53-13-3-5-15-58(53)46-65)61-37-29-55(30-38-61)56-17-11-18-57(45-56)60-19-12-20-64(48-60)78(66-40-32-54-14-4-6-16-59(54)47-66)68-42-44-76-72(50-68)70-22-8-10-24-74(70)80(76)63-35-27-52(2)28-36-63/h3-50H,1-2H3. The van der Waals surface area contributed by atoms with Crippen LogP contribution in [0.25, 0.3) is 98.8 Å². The third kappa shape index (κ3) is 8.16. The van der Waals surface area contributed by atoms with Crippen LogP contribution in [0.3, 0.4) is 0 Å². The van der Waals surface area contributed by atoms with Crippen LogP contribution in [0.2, 0.25) is 0 Å². The summed E-state index contributed by atoms with van der Waals surface area (Å²) in [5.74, 6) is 0. The maximum atomic E-state index is 2.41. The summed E-state index contributed by atoms with van der Waals surface area (Å²) in [6, 6.07) is 107. The van der Waals surface area contributed by atoms with Gasteiger partial charge in [0.25, 0.3) is 0 Å². The highest BCUT2D eigenvalue weighted by Crippen LogP contribution is 2.44. The summed E-state index contributed by atoms with van der Waals surface area (Å²) in [6.07, 6.45) is 0. The number of aryl methyl sites for hydroxylation is 2. The van der Waals surface area contributed by atoms with Crippen molar-refractivity contribution < 1.29 is 0 Å². The van der Waals surface area contributed by atoms with E-state index in [2.05, 4.69) is 324 Å². The second kappa shape index (κ2) is 19.2. The van der Waals surface area contributed by atoms with Crippen molar-refractivity contribution in [2.24, 2.45) is 0 Å².